The highest BCUT2D eigenvalue weighted by molar-refractivity contribution is 6.34. The molecule has 3 rings (SSSR count). The van der Waals surface area contributed by atoms with E-state index in [2.05, 4.69) is 0 Å². The monoisotopic (exact) mass is 334 g/mol. The molecule has 0 aromatic heterocycles. The molecule has 0 aliphatic heterocycles. The van der Waals surface area contributed by atoms with Crippen LogP contribution in [-0.2, 0) is 4.79 Å². The number of carbonyl (C=O) groups excluding carboxylic acids is 1. The Hall–Kier alpha value is -1.64. The van der Waals surface area contributed by atoms with Crippen molar-refractivity contribution in [1.29, 1.82) is 0 Å². The summed E-state index contributed by atoms with van der Waals surface area (Å²) in [5, 5.41) is 1.08. The van der Waals surface area contributed by atoms with Crippen molar-refractivity contribution in [3.63, 3.8) is 0 Å². The zero-order chi connectivity index (χ0) is 15.7. The Morgan fingerprint density at radius 1 is 0.955 bits per heavy atom. The number of allylic oxidation sites excluding steroid dienone is 2. The van der Waals surface area contributed by atoms with Gasteiger partial charge in [-0.15, -0.1) is 0 Å². The predicted molar refractivity (Wildman–Crippen MR) is 87.8 cm³/mol. The van der Waals surface area contributed by atoms with Gasteiger partial charge in [-0.3, -0.25) is 4.79 Å². The maximum atomic E-state index is 13.1. The average molecular weight is 335 g/mol. The van der Waals surface area contributed by atoms with Gasteiger partial charge in [-0.05, 0) is 65.4 Å². The van der Waals surface area contributed by atoms with Crippen LogP contribution in [0.1, 0.15) is 29.9 Å². The lowest BCUT2D eigenvalue weighted by Crippen LogP contribution is -2.12. The van der Waals surface area contributed by atoms with Crippen molar-refractivity contribution in [2.75, 3.05) is 0 Å². The number of carbonyl (C=O) groups is 1. The Morgan fingerprint density at radius 3 is 2.23 bits per heavy atom. The molecule has 1 atom stereocenters. The zero-order valence-electron chi connectivity index (χ0n) is 11.7. The molecule has 4 heteroatoms. The third kappa shape index (κ3) is 3.40. The van der Waals surface area contributed by atoms with Crippen LogP contribution in [0.4, 0.5) is 4.39 Å². The fraction of sp³-hybridized carbons (Fsp3) is 0.167. The summed E-state index contributed by atoms with van der Waals surface area (Å²) in [6.07, 6.45) is 2.79. The number of rotatable bonds is 2. The SMILES string of the molecule is O=C1C=C(c2cc(Cl)cc(Cl)c2)CC(c2ccc(F)cc2)C1. The summed E-state index contributed by atoms with van der Waals surface area (Å²) in [4.78, 5) is 12.1. The molecule has 0 amide bonds. The first-order valence-corrected chi connectivity index (χ1v) is 7.72. The smallest absolute Gasteiger partial charge is 0.156 e. The summed E-state index contributed by atoms with van der Waals surface area (Å²) in [5.41, 5.74) is 2.74. The number of halogens is 3. The van der Waals surface area contributed by atoms with Crippen LogP contribution in [-0.4, -0.2) is 5.78 Å². The van der Waals surface area contributed by atoms with Gasteiger partial charge in [-0.2, -0.15) is 0 Å². The quantitative estimate of drug-likeness (QED) is 0.692. The molecule has 0 N–H and O–H groups in total. The highest BCUT2D eigenvalue weighted by atomic mass is 35.5. The molecule has 0 heterocycles. The molecule has 0 radical (unpaired) electrons. The summed E-state index contributed by atoms with van der Waals surface area (Å²) < 4.78 is 13.1. The summed E-state index contributed by atoms with van der Waals surface area (Å²) in [7, 11) is 0. The van der Waals surface area contributed by atoms with Crippen molar-refractivity contribution in [2.45, 2.75) is 18.8 Å². The van der Waals surface area contributed by atoms with Crippen LogP contribution in [0.25, 0.3) is 5.57 Å². The summed E-state index contributed by atoms with van der Waals surface area (Å²) in [6, 6.07) is 11.6. The van der Waals surface area contributed by atoms with Gasteiger partial charge in [0.1, 0.15) is 5.82 Å². The van der Waals surface area contributed by atoms with Gasteiger partial charge in [-0.25, -0.2) is 4.39 Å². The molecular weight excluding hydrogens is 322 g/mol. The molecule has 22 heavy (non-hydrogen) atoms. The third-order valence-electron chi connectivity index (χ3n) is 3.82. The van der Waals surface area contributed by atoms with Crippen molar-refractivity contribution in [3.05, 3.63) is 75.5 Å². The van der Waals surface area contributed by atoms with Crippen LogP contribution in [0.15, 0.2) is 48.5 Å². The number of benzene rings is 2. The van der Waals surface area contributed by atoms with E-state index in [1.807, 2.05) is 0 Å². The van der Waals surface area contributed by atoms with Crippen LogP contribution >= 0.6 is 23.2 Å². The molecule has 112 valence electrons. The van der Waals surface area contributed by atoms with Gasteiger partial charge in [0.25, 0.3) is 0 Å². The first-order valence-electron chi connectivity index (χ1n) is 6.96. The normalized spacial score (nSPS) is 18.2. The first kappa shape index (κ1) is 15.3. The van der Waals surface area contributed by atoms with Gasteiger partial charge >= 0.3 is 0 Å². The Balaban J connectivity index is 1.92. The minimum absolute atomic E-state index is 0.0471. The first-order chi connectivity index (χ1) is 10.5. The second-order valence-corrected chi connectivity index (χ2v) is 6.32. The summed E-state index contributed by atoms with van der Waals surface area (Å²) >= 11 is 12.1. The maximum absolute atomic E-state index is 13.1. The molecule has 1 nitrogen and oxygen atoms in total. The van der Waals surface area contributed by atoms with Crippen molar-refractivity contribution in [1.82, 2.24) is 0 Å². The summed E-state index contributed by atoms with van der Waals surface area (Å²) in [5.74, 6) is -0.166. The van der Waals surface area contributed by atoms with Gasteiger partial charge in [-0.1, -0.05) is 35.3 Å². The number of ketones is 1. The molecule has 1 unspecified atom stereocenters. The van der Waals surface area contributed by atoms with Crippen LogP contribution < -0.4 is 0 Å². The van der Waals surface area contributed by atoms with Crippen LogP contribution in [0, 0.1) is 5.82 Å². The lowest BCUT2D eigenvalue weighted by Gasteiger charge is -2.23. The molecule has 0 fully saturated rings. The zero-order valence-corrected chi connectivity index (χ0v) is 13.2. The third-order valence-corrected chi connectivity index (χ3v) is 4.26. The highest BCUT2D eigenvalue weighted by Crippen LogP contribution is 2.37. The molecule has 0 saturated heterocycles. The predicted octanol–water partition coefficient (Wildman–Crippen LogP) is 5.66. The Morgan fingerprint density at radius 2 is 1.59 bits per heavy atom. The standard InChI is InChI=1S/C18H13Cl2FO/c19-15-6-14(7-16(20)10-15)13-5-12(8-18(22)9-13)11-1-3-17(21)4-2-11/h1-4,6-7,9-10,12H,5,8H2. The van der Waals surface area contributed by atoms with E-state index in [1.54, 1.807) is 36.4 Å². The largest absolute Gasteiger partial charge is 0.295 e. The van der Waals surface area contributed by atoms with Crippen molar-refractivity contribution in [2.24, 2.45) is 0 Å². The fourth-order valence-corrected chi connectivity index (χ4v) is 3.33. The number of hydrogen-bond acceptors (Lipinski definition) is 1. The maximum Gasteiger partial charge on any atom is 0.156 e. The van der Waals surface area contributed by atoms with E-state index in [-0.39, 0.29) is 17.5 Å². The molecule has 2 aromatic carbocycles. The minimum Gasteiger partial charge on any atom is -0.295 e. The second kappa shape index (κ2) is 6.23. The van der Waals surface area contributed by atoms with E-state index in [1.165, 1.54) is 12.1 Å². The van der Waals surface area contributed by atoms with Crippen molar-refractivity contribution >= 4 is 34.6 Å². The Labute approximate surface area is 138 Å². The van der Waals surface area contributed by atoms with E-state index >= 15 is 0 Å². The molecular formula is C18H13Cl2FO. The molecule has 1 aliphatic rings. The van der Waals surface area contributed by atoms with Gasteiger partial charge in [0, 0.05) is 16.5 Å². The minimum atomic E-state index is -0.275. The van der Waals surface area contributed by atoms with Crippen LogP contribution in [0.2, 0.25) is 10.0 Å². The lowest BCUT2D eigenvalue weighted by molar-refractivity contribution is -0.115. The van der Waals surface area contributed by atoms with Gasteiger partial charge in [0.15, 0.2) is 5.78 Å². The molecule has 0 spiro atoms. The van der Waals surface area contributed by atoms with Gasteiger partial charge in [0.2, 0.25) is 0 Å². The van der Waals surface area contributed by atoms with E-state index in [4.69, 9.17) is 23.2 Å². The Bertz CT molecular complexity index is 730. The fourth-order valence-electron chi connectivity index (χ4n) is 2.80. The molecule has 1 aliphatic carbocycles. The van der Waals surface area contributed by atoms with Crippen LogP contribution in [0.5, 0.6) is 0 Å². The summed E-state index contributed by atoms with van der Waals surface area (Å²) in [6.45, 7) is 0. The topological polar surface area (TPSA) is 17.1 Å². The van der Waals surface area contributed by atoms with E-state index < -0.39 is 0 Å². The molecule has 0 saturated carbocycles. The van der Waals surface area contributed by atoms with Gasteiger partial charge in [0.05, 0.1) is 0 Å². The van der Waals surface area contributed by atoms with Crippen molar-refractivity contribution < 1.29 is 9.18 Å². The van der Waals surface area contributed by atoms with Crippen LogP contribution in [0.3, 0.4) is 0 Å². The highest BCUT2D eigenvalue weighted by Gasteiger charge is 2.23. The van der Waals surface area contributed by atoms with E-state index in [9.17, 15) is 9.18 Å². The lowest BCUT2D eigenvalue weighted by atomic mass is 9.81. The van der Waals surface area contributed by atoms with Crippen molar-refractivity contribution in [3.8, 4) is 0 Å². The van der Waals surface area contributed by atoms with E-state index in [0.29, 0.717) is 22.9 Å². The van der Waals surface area contributed by atoms with E-state index in [0.717, 1.165) is 16.7 Å². The Kier molecular flexibility index (Phi) is 4.32. The van der Waals surface area contributed by atoms with Gasteiger partial charge < -0.3 is 0 Å². The average Bonchev–Trinajstić information content (AvgIpc) is 2.46. The second-order valence-electron chi connectivity index (χ2n) is 5.45. The number of hydrogen-bond donors (Lipinski definition) is 0. The molecule has 2 aromatic rings. The molecule has 0 bridgehead atoms.